The molecule has 0 saturated carbocycles. The van der Waals surface area contributed by atoms with Gasteiger partial charge in [-0.05, 0) is 36.8 Å². The van der Waals surface area contributed by atoms with Crippen LogP contribution in [0.25, 0.3) is 0 Å². The lowest BCUT2D eigenvalue weighted by atomic mass is 9.97. The summed E-state index contributed by atoms with van der Waals surface area (Å²) in [6.07, 6.45) is 0. The molecule has 3 aromatic carbocycles. The van der Waals surface area contributed by atoms with Gasteiger partial charge in [0, 0.05) is 17.2 Å². The van der Waals surface area contributed by atoms with Crippen LogP contribution < -0.4 is 0 Å². The van der Waals surface area contributed by atoms with Crippen LogP contribution >= 0.6 is 11.8 Å². The monoisotopic (exact) mass is 363 g/mol. The molecule has 1 aliphatic rings. The van der Waals surface area contributed by atoms with Gasteiger partial charge in [-0.1, -0.05) is 53.7 Å². The fourth-order valence-corrected chi connectivity index (χ4v) is 4.27. The number of rotatable bonds is 2. The number of aromatic hydroxyl groups is 2. The summed E-state index contributed by atoms with van der Waals surface area (Å²) in [5, 5.41) is 31.9. The van der Waals surface area contributed by atoms with Gasteiger partial charge in [-0.3, -0.25) is 0 Å². The van der Waals surface area contributed by atoms with Crippen molar-refractivity contribution in [2.75, 3.05) is 0 Å². The Bertz CT molecular complexity index is 1020. The normalized spacial score (nSPS) is 18.9. The van der Waals surface area contributed by atoms with Crippen LogP contribution in [0.5, 0.6) is 11.5 Å². The van der Waals surface area contributed by atoms with Gasteiger partial charge in [0.05, 0.1) is 5.69 Å². The first-order valence-electron chi connectivity index (χ1n) is 8.16. The summed E-state index contributed by atoms with van der Waals surface area (Å²) in [6.45, 7) is 1.97. The van der Waals surface area contributed by atoms with E-state index in [0.29, 0.717) is 16.3 Å². The maximum absolute atomic E-state index is 11.6. The standard InChI is InChI=1S/C21H17NO3S/c1-13-7-10-18-17(11-13)21(25,14-5-3-2-4-6-14)26-20(22-18)16-9-8-15(23)12-19(16)24/h2-12,23-25H,1H3. The SMILES string of the molecule is Cc1ccc2c(c1)C(O)(c1ccccc1)SC(c1ccc(O)cc1O)=N2. The molecule has 0 fully saturated rings. The van der Waals surface area contributed by atoms with Crippen molar-refractivity contribution >= 4 is 22.5 Å². The fourth-order valence-electron chi connectivity index (χ4n) is 3.04. The second-order valence-electron chi connectivity index (χ2n) is 6.25. The average Bonchev–Trinajstić information content (AvgIpc) is 2.63. The molecule has 0 radical (unpaired) electrons. The second-order valence-corrected chi connectivity index (χ2v) is 7.43. The molecule has 1 heterocycles. The number of hydrogen-bond donors (Lipinski definition) is 3. The molecule has 0 spiro atoms. The molecule has 0 saturated heterocycles. The van der Waals surface area contributed by atoms with Crippen molar-refractivity contribution in [3.8, 4) is 11.5 Å². The highest BCUT2D eigenvalue weighted by Crippen LogP contribution is 2.50. The van der Waals surface area contributed by atoms with E-state index in [0.717, 1.165) is 16.7 Å². The third-order valence-corrected chi connectivity index (χ3v) is 5.62. The summed E-state index contributed by atoms with van der Waals surface area (Å²) in [6, 6.07) is 19.5. The maximum atomic E-state index is 11.6. The number of benzene rings is 3. The average molecular weight is 363 g/mol. The van der Waals surface area contributed by atoms with Crippen molar-refractivity contribution in [1.29, 1.82) is 0 Å². The van der Waals surface area contributed by atoms with Crippen LogP contribution in [0, 0.1) is 6.92 Å². The van der Waals surface area contributed by atoms with E-state index >= 15 is 0 Å². The Kier molecular flexibility index (Phi) is 3.98. The quantitative estimate of drug-likeness (QED) is 0.630. The molecule has 0 aliphatic carbocycles. The van der Waals surface area contributed by atoms with Gasteiger partial charge in [0.15, 0.2) is 4.93 Å². The zero-order valence-corrected chi connectivity index (χ0v) is 14.9. The molecule has 130 valence electrons. The predicted molar refractivity (Wildman–Crippen MR) is 104 cm³/mol. The van der Waals surface area contributed by atoms with Crippen molar-refractivity contribution in [1.82, 2.24) is 0 Å². The Morgan fingerprint density at radius 3 is 2.42 bits per heavy atom. The molecular formula is C21H17NO3S. The minimum atomic E-state index is -1.33. The Balaban J connectivity index is 1.93. The van der Waals surface area contributed by atoms with Crippen LogP contribution in [0.3, 0.4) is 0 Å². The number of phenolic OH excluding ortho intramolecular Hbond substituents is 2. The zero-order chi connectivity index (χ0) is 18.3. The molecule has 1 atom stereocenters. The molecule has 0 aromatic heterocycles. The summed E-state index contributed by atoms with van der Waals surface area (Å²) in [7, 11) is 0. The van der Waals surface area contributed by atoms with Crippen molar-refractivity contribution in [3.63, 3.8) is 0 Å². The number of aryl methyl sites for hydroxylation is 1. The molecule has 0 amide bonds. The molecule has 3 aromatic rings. The molecule has 1 aliphatic heterocycles. The number of hydrogen-bond acceptors (Lipinski definition) is 5. The number of thioether (sulfide) groups is 1. The predicted octanol–water partition coefficient (Wildman–Crippen LogP) is 4.42. The van der Waals surface area contributed by atoms with Crippen LogP contribution in [-0.4, -0.2) is 20.4 Å². The van der Waals surface area contributed by atoms with Gasteiger partial charge >= 0.3 is 0 Å². The van der Waals surface area contributed by atoms with Gasteiger partial charge in [0.1, 0.15) is 16.5 Å². The summed E-state index contributed by atoms with van der Waals surface area (Å²) >= 11 is 1.18. The van der Waals surface area contributed by atoms with Gasteiger partial charge < -0.3 is 15.3 Å². The molecular weight excluding hydrogens is 346 g/mol. The molecule has 1 unspecified atom stereocenters. The number of nitrogens with zero attached hydrogens (tertiary/aromatic N) is 1. The van der Waals surface area contributed by atoms with E-state index in [2.05, 4.69) is 4.99 Å². The van der Waals surface area contributed by atoms with E-state index in [4.69, 9.17) is 0 Å². The van der Waals surface area contributed by atoms with Crippen molar-refractivity contribution in [2.45, 2.75) is 11.9 Å². The number of fused-ring (bicyclic) bond motifs is 1. The van der Waals surface area contributed by atoms with Gasteiger partial charge in [-0.25, -0.2) is 4.99 Å². The molecule has 26 heavy (non-hydrogen) atoms. The number of phenols is 2. The van der Waals surface area contributed by atoms with E-state index in [1.807, 2.05) is 55.5 Å². The third-order valence-electron chi connectivity index (χ3n) is 4.36. The molecule has 4 nitrogen and oxygen atoms in total. The van der Waals surface area contributed by atoms with E-state index in [1.54, 1.807) is 6.07 Å². The second kappa shape index (κ2) is 6.20. The lowest BCUT2D eigenvalue weighted by molar-refractivity contribution is 0.183. The topological polar surface area (TPSA) is 73.0 Å². The number of aliphatic hydroxyl groups is 1. The van der Waals surface area contributed by atoms with E-state index in [1.165, 1.54) is 23.9 Å². The largest absolute Gasteiger partial charge is 0.508 e. The summed E-state index contributed by atoms with van der Waals surface area (Å²) in [5.41, 5.74) is 3.61. The Labute approximate surface area is 155 Å². The van der Waals surface area contributed by atoms with Gasteiger partial charge in [0.2, 0.25) is 0 Å². The third kappa shape index (κ3) is 2.75. The van der Waals surface area contributed by atoms with Crippen molar-refractivity contribution in [3.05, 3.63) is 89.0 Å². The maximum Gasteiger partial charge on any atom is 0.169 e. The van der Waals surface area contributed by atoms with Crippen molar-refractivity contribution < 1.29 is 15.3 Å². The highest BCUT2D eigenvalue weighted by Gasteiger charge is 2.40. The van der Waals surface area contributed by atoms with E-state index in [9.17, 15) is 15.3 Å². The first kappa shape index (κ1) is 16.7. The van der Waals surface area contributed by atoms with Crippen molar-refractivity contribution in [2.24, 2.45) is 4.99 Å². The highest BCUT2D eigenvalue weighted by atomic mass is 32.2. The molecule has 5 heteroatoms. The Morgan fingerprint density at radius 1 is 0.923 bits per heavy atom. The van der Waals surface area contributed by atoms with Crippen LogP contribution in [0.4, 0.5) is 5.69 Å². The minimum absolute atomic E-state index is 0.0259. The van der Waals surface area contributed by atoms with Crippen LogP contribution in [-0.2, 0) is 4.93 Å². The Hall–Kier alpha value is -2.76. The first-order valence-corrected chi connectivity index (χ1v) is 8.98. The lowest BCUT2D eigenvalue weighted by Gasteiger charge is -2.33. The van der Waals surface area contributed by atoms with E-state index < -0.39 is 4.93 Å². The van der Waals surface area contributed by atoms with Crippen LogP contribution in [0.15, 0.2) is 71.7 Å². The highest BCUT2D eigenvalue weighted by molar-refractivity contribution is 8.15. The summed E-state index contributed by atoms with van der Waals surface area (Å²) in [5.74, 6) is -0.107. The van der Waals surface area contributed by atoms with Gasteiger partial charge in [0.25, 0.3) is 0 Å². The summed E-state index contributed by atoms with van der Waals surface area (Å²) < 4.78 is 0. The fraction of sp³-hybridized carbons (Fsp3) is 0.0952. The molecule has 0 bridgehead atoms. The zero-order valence-electron chi connectivity index (χ0n) is 14.0. The minimum Gasteiger partial charge on any atom is -0.508 e. The van der Waals surface area contributed by atoms with Gasteiger partial charge in [-0.15, -0.1) is 0 Å². The van der Waals surface area contributed by atoms with Crippen LogP contribution in [0.1, 0.15) is 22.3 Å². The van der Waals surface area contributed by atoms with E-state index in [-0.39, 0.29) is 11.5 Å². The first-order chi connectivity index (χ1) is 12.5. The molecule has 4 rings (SSSR count). The molecule has 3 N–H and O–H groups in total. The smallest absolute Gasteiger partial charge is 0.169 e. The summed E-state index contributed by atoms with van der Waals surface area (Å²) in [4.78, 5) is 3.32. The lowest BCUT2D eigenvalue weighted by Crippen LogP contribution is -2.28. The number of aliphatic imine (C=N–C) groups is 1. The van der Waals surface area contributed by atoms with Crippen LogP contribution in [0.2, 0.25) is 0 Å². The van der Waals surface area contributed by atoms with Gasteiger partial charge in [-0.2, -0.15) is 0 Å². The Morgan fingerprint density at radius 2 is 1.69 bits per heavy atom.